The molecule has 2 rings (SSSR count). The number of rotatable bonds is 3. The van der Waals surface area contributed by atoms with Gasteiger partial charge in [-0.2, -0.15) is 0 Å². The fourth-order valence-electron chi connectivity index (χ4n) is 2.22. The molecule has 2 unspecified atom stereocenters. The second-order valence-electron chi connectivity index (χ2n) is 5.24. The van der Waals surface area contributed by atoms with Gasteiger partial charge in [0.15, 0.2) is 5.82 Å². The first-order valence-corrected chi connectivity index (χ1v) is 6.58. The van der Waals surface area contributed by atoms with E-state index in [1.807, 2.05) is 13.8 Å². The minimum absolute atomic E-state index is 0.150. The molecule has 5 heteroatoms. The molecule has 19 heavy (non-hydrogen) atoms. The van der Waals surface area contributed by atoms with E-state index in [4.69, 9.17) is 10.9 Å². The van der Waals surface area contributed by atoms with E-state index in [-0.39, 0.29) is 23.9 Å². The molecule has 0 radical (unpaired) electrons. The number of hydrogen-bond acceptors (Lipinski definition) is 3. The average molecular weight is 261 g/mol. The Balaban J connectivity index is 1.83. The molecule has 0 bridgehead atoms. The van der Waals surface area contributed by atoms with E-state index < -0.39 is 0 Å². The van der Waals surface area contributed by atoms with Crippen molar-refractivity contribution in [2.24, 2.45) is 5.92 Å². The molecule has 1 fully saturated rings. The van der Waals surface area contributed by atoms with Crippen LogP contribution in [-0.2, 0) is 0 Å². The molecule has 0 spiro atoms. The summed E-state index contributed by atoms with van der Waals surface area (Å²) in [6, 6.07) is 1.63. The van der Waals surface area contributed by atoms with Gasteiger partial charge in [0.2, 0.25) is 0 Å². The van der Waals surface area contributed by atoms with Crippen molar-refractivity contribution in [3.8, 4) is 12.3 Å². The predicted molar refractivity (Wildman–Crippen MR) is 72.7 cm³/mol. The van der Waals surface area contributed by atoms with Crippen LogP contribution in [0.25, 0.3) is 0 Å². The Morgan fingerprint density at radius 1 is 1.58 bits per heavy atom. The summed E-state index contributed by atoms with van der Waals surface area (Å²) in [4.78, 5) is 11.8. The van der Waals surface area contributed by atoms with Gasteiger partial charge in [0.25, 0.3) is 0 Å². The molecule has 2 amide bonds. The quantitative estimate of drug-likeness (QED) is 0.822. The standard InChI is InChI=1S/C14H19N3O2/c1-4-10-5-6-11(7-10)15-14(18)16-13-8-12(9(2)3)19-17-13/h1,8-11H,5-7H2,2-3H3,(H2,15,16,17,18). The largest absolute Gasteiger partial charge is 0.359 e. The number of nitrogens with one attached hydrogen (secondary N) is 2. The number of aromatic nitrogens is 1. The molecule has 102 valence electrons. The molecular formula is C14H19N3O2. The molecule has 1 aliphatic carbocycles. The Kier molecular flexibility index (Phi) is 4.10. The average Bonchev–Trinajstić information content (AvgIpc) is 2.98. The summed E-state index contributed by atoms with van der Waals surface area (Å²) in [5, 5.41) is 9.38. The van der Waals surface area contributed by atoms with Gasteiger partial charge in [-0.25, -0.2) is 4.79 Å². The first-order valence-electron chi connectivity index (χ1n) is 6.58. The van der Waals surface area contributed by atoms with Crippen molar-refractivity contribution in [1.29, 1.82) is 0 Å². The van der Waals surface area contributed by atoms with Crippen LogP contribution in [0.15, 0.2) is 10.6 Å². The predicted octanol–water partition coefficient (Wildman–Crippen LogP) is 2.72. The van der Waals surface area contributed by atoms with E-state index in [0.29, 0.717) is 5.82 Å². The smallest absolute Gasteiger partial charge is 0.320 e. The second-order valence-corrected chi connectivity index (χ2v) is 5.24. The Hall–Kier alpha value is -1.96. The first kappa shape index (κ1) is 13.5. The van der Waals surface area contributed by atoms with E-state index in [2.05, 4.69) is 21.7 Å². The van der Waals surface area contributed by atoms with E-state index in [0.717, 1.165) is 25.0 Å². The zero-order valence-corrected chi connectivity index (χ0v) is 11.3. The topological polar surface area (TPSA) is 67.2 Å². The van der Waals surface area contributed by atoms with Crippen LogP contribution in [0.4, 0.5) is 10.6 Å². The van der Waals surface area contributed by atoms with Gasteiger partial charge >= 0.3 is 6.03 Å². The molecule has 1 aromatic rings. The van der Waals surface area contributed by atoms with Gasteiger partial charge in [-0.15, -0.1) is 12.3 Å². The van der Waals surface area contributed by atoms with Crippen molar-refractivity contribution < 1.29 is 9.32 Å². The highest BCUT2D eigenvalue weighted by atomic mass is 16.5. The van der Waals surface area contributed by atoms with Gasteiger partial charge in [0, 0.05) is 23.9 Å². The van der Waals surface area contributed by atoms with Crippen LogP contribution in [-0.4, -0.2) is 17.2 Å². The van der Waals surface area contributed by atoms with Gasteiger partial charge < -0.3 is 9.84 Å². The van der Waals surface area contributed by atoms with E-state index in [1.165, 1.54) is 0 Å². The fraction of sp³-hybridized carbons (Fsp3) is 0.571. The summed E-state index contributed by atoms with van der Waals surface area (Å²) in [5.41, 5.74) is 0. The van der Waals surface area contributed by atoms with Crippen molar-refractivity contribution in [2.75, 3.05) is 5.32 Å². The SMILES string of the molecule is C#CC1CCC(NC(=O)Nc2cc(C(C)C)on2)C1. The number of terminal acetylenes is 1. The monoisotopic (exact) mass is 261 g/mol. The number of amides is 2. The maximum absolute atomic E-state index is 11.8. The lowest BCUT2D eigenvalue weighted by Crippen LogP contribution is -2.36. The number of carbonyl (C=O) groups excluding carboxylic acids is 1. The lowest BCUT2D eigenvalue weighted by molar-refractivity contribution is 0.248. The van der Waals surface area contributed by atoms with Gasteiger partial charge in [-0.05, 0) is 19.3 Å². The third-order valence-electron chi connectivity index (χ3n) is 3.34. The fourth-order valence-corrected chi connectivity index (χ4v) is 2.22. The van der Waals surface area contributed by atoms with Crippen molar-refractivity contribution in [2.45, 2.75) is 45.1 Å². The maximum atomic E-state index is 11.8. The van der Waals surface area contributed by atoms with Crippen LogP contribution >= 0.6 is 0 Å². The molecule has 2 atom stereocenters. The van der Waals surface area contributed by atoms with Crippen LogP contribution in [0, 0.1) is 18.3 Å². The third kappa shape index (κ3) is 3.50. The van der Waals surface area contributed by atoms with Gasteiger partial charge in [-0.3, -0.25) is 5.32 Å². The van der Waals surface area contributed by atoms with Crippen molar-refractivity contribution in [3.05, 3.63) is 11.8 Å². The highest BCUT2D eigenvalue weighted by Gasteiger charge is 2.24. The lowest BCUT2D eigenvalue weighted by Gasteiger charge is -2.11. The Morgan fingerprint density at radius 3 is 2.95 bits per heavy atom. The molecule has 5 nitrogen and oxygen atoms in total. The number of nitrogens with zero attached hydrogens (tertiary/aromatic N) is 1. The molecule has 1 heterocycles. The van der Waals surface area contributed by atoms with E-state index in [1.54, 1.807) is 6.07 Å². The zero-order chi connectivity index (χ0) is 13.8. The van der Waals surface area contributed by atoms with Gasteiger partial charge in [0.05, 0.1) is 0 Å². The summed E-state index contributed by atoms with van der Waals surface area (Å²) < 4.78 is 5.11. The molecule has 0 aromatic carbocycles. The molecule has 1 aliphatic rings. The first-order chi connectivity index (χ1) is 9.08. The maximum Gasteiger partial charge on any atom is 0.320 e. The van der Waals surface area contributed by atoms with Crippen molar-refractivity contribution >= 4 is 11.8 Å². The minimum atomic E-state index is -0.258. The van der Waals surface area contributed by atoms with Crippen LogP contribution < -0.4 is 10.6 Å². The summed E-state index contributed by atoms with van der Waals surface area (Å²) in [6.45, 7) is 4.01. The van der Waals surface area contributed by atoms with E-state index >= 15 is 0 Å². The molecule has 2 N–H and O–H groups in total. The highest BCUT2D eigenvalue weighted by molar-refractivity contribution is 5.88. The van der Waals surface area contributed by atoms with E-state index in [9.17, 15) is 4.79 Å². The number of anilines is 1. The molecule has 1 aromatic heterocycles. The summed E-state index contributed by atoms with van der Waals surface area (Å²) in [6.07, 6.45) is 8.13. The third-order valence-corrected chi connectivity index (χ3v) is 3.34. The van der Waals surface area contributed by atoms with Crippen LogP contribution in [0.5, 0.6) is 0 Å². The zero-order valence-electron chi connectivity index (χ0n) is 11.3. The van der Waals surface area contributed by atoms with Crippen LogP contribution in [0.1, 0.15) is 44.8 Å². The Labute approximate surface area is 113 Å². The molecule has 0 saturated heterocycles. The number of urea groups is 1. The molecule has 1 saturated carbocycles. The van der Waals surface area contributed by atoms with Gasteiger partial charge in [-0.1, -0.05) is 19.0 Å². The van der Waals surface area contributed by atoms with Gasteiger partial charge in [0.1, 0.15) is 5.76 Å². The highest BCUT2D eigenvalue weighted by Crippen LogP contribution is 2.24. The Bertz CT molecular complexity index is 487. The van der Waals surface area contributed by atoms with Crippen molar-refractivity contribution in [3.63, 3.8) is 0 Å². The minimum Gasteiger partial charge on any atom is -0.359 e. The number of hydrogen-bond donors (Lipinski definition) is 2. The van der Waals surface area contributed by atoms with Crippen molar-refractivity contribution in [1.82, 2.24) is 10.5 Å². The molecule has 0 aliphatic heterocycles. The van der Waals surface area contributed by atoms with Crippen LogP contribution in [0.3, 0.4) is 0 Å². The van der Waals surface area contributed by atoms with Crippen LogP contribution in [0.2, 0.25) is 0 Å². The summed E-state index contributed by atoms with van der Waals surface area (Å²) in [7, 11) is 0. The Morgan fingerprint density at radius 2 is 2.37 bits per heavy atom. The molecular weight excluding hydrogens is 242 g/mol. The number of carbonyl (C=O) groups is 1. The lowest BCUT2D eigenvalue weighted by atomic mass is 10.1. The summed E-state index contributed by atoms with van der Waals surface area (Å²) in [5.74, 6) is 4.45. The normalized spacial score (nSPS) is 22.2. The summed E-state index contributed by atoms with van der Waals surface area (Å²) >= 11 is 0. The second kappa shape index (κ2) is 5.79.